The van der Waals surface area contributed by atoms with Crippen molar-refractivity contribution in [3.8, 4) is 0 Å². The van der Waals surface area contributed by atoms with Crippen LogP contribution in [0.5, 0.6) is 0 Å². The summed E-state index contributed by atoms with van der Waals surface area (Å²) in [7, 11) is 0. The lowest BCUT2D eigenvalue weighted by Crippen LogP contribution is -2.32. The summed E-state index contributed by atoms with van der Waals surface area (Å²) in [5, 5.41) is 12.6. The second-order valence-electron chi connectivity index (χ2n) is 6.16. The van der Waals surface area contributed by atoms with E-state index in [-0.39, 0.29) is 24.2 Å². The molecule has 3 rings (SSSR count). The lowest BCUT2D eigenvalue weighted by Gasteiger charge is -2.12. The lowest BCUT2D eigenvalue weighted by molar-refractivity contribution is -0.126. The summed E-state index contributed by atoms with van der Waals surface area (Å²) in [4.78, 5) is 30.4. The molecule has 25 heavy (non-hydrogen) atoms. The second-order valence-corrected chi connectivity index (χ2v) is 7.20. The molecule has 1 saturated heterocycles. The van der Waals surface area contributed by atoms with Gasteiger partial charge in [0.05, 0.1) is 5.92 Å². The van der Waals surface area contributed by atoms with Crippen molar-refractivity contribution in [3.63, 3.8) is 0 Å². The molecule has 0 saturated carbocycles. The molecule has 2 amide bonds. The van der Waals surface area contributed by atoms with Crippen LogP contribution in [0.1, 0.15) is 36.0 Å². The van der Waals surface area contributed by atoms with E-state index >= 15 is 0 Å². The first-order valence-corrected chi connectivity index (χ1v) is 9.20. The number of hydrogen-bond donors (Lipinski definition) is 1. The van der Waals surface area contributed by atoms with E-state index < -0.39 is 0 Å². The fourth-order valence-corrected chi connectivity index (χ4v) is 3.75. The standard InChI is InChI=1S/C17H21N5O2S/c1-3-4-14-20-21-17(25-14)22-10-13(8-15(22)23)16(24)19-9-12-5-6-18-11(2)7-12/h5-7,13H,3-4,8-10H2,1-2H3,(H,19,24). The Bertz CT molecular complexity index is 776. The molecule has 7 nitrogen and oxygen atoms in total. The molecule has 8 heteroatoms. The maximum absolute atomic E-state index is 12.4. The van der Waals surface area contributed by atoms with E-state index in [0.29, 0.717) is 18.2 Å². The van der Waals surface area contributed by atoms with Gasteiger partial charge in [-0.3, -0.25) is 19.5 Å². The predicted molar refractivity (Wildman–Crippen MR) is 95.2 cm³/mol. The Morgan fingerprint density at radius 1 is 1.44 bits per heavy atom. The number of pyridine rings is 1. The molecule has 1 atom stereocenters. The van der Waals surface area contributed by atoms with Crippen molar-refractivity contribution in [2.75, 3.05) is 11.4 Å². The van der Waals surface area contributed by atoms with Crippen molar-refractivity contribution in [2.24, 2.45) is 5.92 Å². The Kier molecular flexibility index (Phi) is 5.37. The van der Waals surface area contributed by atoms with Crippen molar-refractivity contribution in [1.29, 1.82) is 0 Å². The van der Waals surface area contributed by atoms with E-state index in [2.05, 4.69) is 27.4 Å². The molecular weight excluding hydrogens is 338 g/mol. The van der Waals surface area contributed by atoms with Gasteiger partial charge in [-0.1, -0.05) is 18.3 Å². The van der Waals surface area contributed by atoms with Crippen LogP contribution in [-0.4, -0.2) is 33.5 Å². The van der Waals surface area contributed by atoms with Crippen molar-refractivity contribution in [3.05, 3.63) is 34.6 Å². The summed E-state index contributed by atoms with van der Waals surface area (Å²) in [6, 6.07) is 3.80. The fourth-order valence-electron chi connectivity index (χ4n) is 2.78. The minimum Gasteiger partial charge on any atom is -0.352 e. The number of nitrogens with zero attached hydrogens (tertiary/aromatic N) is 4. The third kappa shape index (κ3) is 4.19. The van der Waals surface area contributed by atoms with Crippen LogP contribution < -0.4 is 10.2 Å². The largest absolute Gasteiger partial charge is 0.352 e. The molecule has 2 aromatic rings. The number of carbonyl (C=O) groups excluding carboxylic acids is 2. The molecule has 0 aliphatic carbocycles. The first-order chi connectivity index (χ1) is 12.1. The molecule has 1 unspecified atom stereocenters. The molecule has 2 aromatic heterocycles. The first kappa shape index (κ1) is 17.5. The highest BCUT2D eigenvalue weighted by Gasteiger charge is 2.36. The molecule has 0 spiro atoms. The van der Waals surface area contributed by atoms with E-state index in [1.165, 1.54) is 11.3 Å². The summed E-state index contributed by atoms with van der Waals surface area (Å²) < 4.78 is 0. The van der Waals surface area contributed by atoms with Crippen LogP contribution in [0.25, 0.3) is 0 Å². The maximum atomic E-state index is 12.4. The molecule has 132 valence electrons. The lowest BCUT2D eigenvalue weighted by atomic mass is 10.1. The summed E-state index contributed by atoms with van der Waals surface area (Å²) in [6.07, 6.45) is 3.78. The van der Waals surface area contributed by atoms with Crippen molar-refractivity contribution < 1.29 is 9.59 Å². The quantitative estimate of drug-likeness (QED) is 0.850. The summed E-state index contributed by atoms with van der Waals surface area (Å²) >= 11 is 1.43. The normalized spacial score (nSPS) is 17.1. The number of aryl methyl sites for hydroxylation is 2. The minimum absolute atomic E-state index is 0.0703. The highest BCUT2D eigenvalue weighted by atomic mass is 32.1. The molecule has 3 heterocycles. The van der Waals surface area contributed by atoms with Crippen LogP contribution in [0.4, 0.5) is 5.13 Å². The third-order valence-corrected chi connectivity index (χ3v) is 5.08. The number of anilines is 1. The van der Waals surface area contributed by atoms with E-state index in [9.17, 15) is 9.59 Å². The van der Waals surface area contributed by atoms with Gasteiger partial charge in [0, 0.05) is 37.8 Å². The Morgan fingerprint density at radius 2 is 2.28 bits per heavy atom. The third-order valence-electron chi connectivity index (χ3n) is 4.07. The number of hydrogen-bond acceptors (Lipinski definition) is 6. The van der Waals surface area contributed by atoms with Gasteiger partial charge < -0.3 is 5.32 Å². The van der Waals surface area contributed by atoms with Crippen LogP contribution in [0.2, 0.25) is 0 Å². The Labute approximate surface area is 150 Å². The molecule has 1 N–H and O–H groups in total. The van der Waals surface area contributed by atoms with Gasteiger partial charge >= 0.3 is 0 Å². The number of amides is 2. The molecule has 0 radical (unpaired) electrons. The zero-order valence-electron chi connectivity index (χ0n) is 14.4. The van der Waals surface area contributed by atoms with E-state index in [1.54, 1.807) is 11.1 Å². The highest BCUT2D eigenvalue weighted by molar-refractivity contribution is 7.15. The number of nitrogens with one attached hydrogen (secondary N) is 1. The van der Waals surface area contributed by atoms with Crippen molar-refractivity contribution >= 4 is 28.3 Å². The van der Waals surface area contributed by atoms with Crippen LogP contribution in [-0.2, 0) is 22.6 Å². The summed E-state index contributed by atoms with van der Waals surface area (Å²) in [5.74, 6) is -0.531. The molecule has 1 fully saturated rings. The van der Waals surface area contributed by atoms with Gasteiger partial charge in [0.2, 0.25) is 16.9 Å². The van der Waals surface area contributed by atoms with Crippen molar-refractivity contribution in [2.45, 2.75) is 39.7 Å². The summed E-state index contributed by atoms with van der Waals surface area (Å²) in [6.45, 7) is 4.79. The Morgan fingerprint density at radius 3 is 3.04 bits per heavy atom. The SMILES string of the molecule is CCCc1nnc(N2CC(C(=O)NCc3ccnc(C)c3)CC2=O)s1. The second kappa shape index (κ2) is 7.69. The molecule has 1 aliphatic heterocycles. The predicted octanol–water partition coefficient (Wildman–Crippen LogP) is 1.86. The van der Waals surface area contributed by atoms with Crippen LogP contribution in [0, 0.1) is 12.8 Å². The summed E-state index contributed by atoms with van der Waals surface area (Å²) in [5.41, 5.74) is 1.91. The molecule has 0 bridgehead atoms. The fraction of sp³-hybridized carbons (Fsp3) is 0.471. The molecular formula is C17H21N5O2S. The van der Waals surface area contributed by atoms with Gasteiger partial charge in [-0.2, -0.15) is 0 Å². The van der Waals surface area contributed by atoms with Gasteiger partial charge in [0.1, 0.15) is 5.01 Å². The van der Waals surface area contributed by atoms with Gasteiger partial charge in [-0.05, 0) is 31.0 Å². The maximum Gasteiger partial charge on any atom is 0.229 e. The number of rotatable bonds is 6. The zero-order valence-corrected chi connectivity index (χ0v) is 15.2. The van der Waals surface area contributed by atoms with Crippen LogP contribution in [0.15, 0.2) is 18.3 Å². The first-order valence-electron chi connectivity index (χ1n) is 8.38. The van der Waals surface area contributed by atoms with Crippen LogP contribution >= 0.6 is 11.3 Å². The average Bonchev–Trinajstić information content (AvgIpc) is 3.19. The van der Waals surface area contributed by atoms with E-state index in [1.807, 2.05) is 19.1 Å². The zero-order chi connectivity index (χ0) is 17.8. The van der Waals surface area contributed by atoms with Gasteiger partial charge in [-0.15, -0.1) is 10.2 Å². The Balaban J connectivity index is 1.58. The average molecular weight is 359 g/mol. The molecule has 1 aliphatic rings. The van der Waals surface area contributed by atoms with Gasteiger partial charge in [-0.25, -0.2) is 0 Å². The van der Waals surface area contributed by atoms with Crippen LogP contribution in [0.3, 0.4) is 0 Å². The highest BCUT2D eigenvalue weighted by Crippen LogP contribution is 2.28. The van der Waals surface area contributed by atoms with E-state index in [0.717, 1.165) is 29.1 Å². The van der Waals surface area contributed by atoms with E-state index in [4.69, 9.17) is 0 Å². The van der Waals surface area contributed by atoms with Crippen molar-refractivity contribution in [1.82, 2.24) is 20.5 Å². The van der Waals surface area contributed by atoms with Gasteiger partial charge in [0.25, 0.3) is 0 Å². The Hall–Kier alpha value is -2.35. The minimum atomic E-state index is -0.353. The molecule has 0 aromatic carbocycles. The monoisotopic (exact) mass is 359 g/mol. The number of aromatic nitrogens is 3. The van der Waals surface area contributed by atoms with Gasteiger partial charge in [0.15, 0.2) is 0 Å². The topological polar surface area (TPSA) is 88.1 Å². The smallest absolute Gasteiger partial charge is 0.229 e. The number of carbonyl (C=O) groups is 2.